The first kappa shape index (κ1) is 23.8. The predicted octanol–water partition coefficient (Wildman–Crippen LogP) is 5.53. The molecular weight excluding hydrogens is 444 g/mol. The third-order valence-electron chi connectivity index (χ3n) is 5.39. The molecule has 8 nitrogen and oxygen atoms in total. The van der Waals surface area contributed by atoms with E-state index in [4.69, 9.17) is 9.15 Å². The molecule has 2 amide bonds. The summed E-state index contributed by atoms with van der Waals surface area (Å²) < 4.78 is 13.2. The first-order valence-corrected chi connectivity index (χ1v) is 11.3. The number of ether oxygens (including phenoxy) is 1. The molecule has 2 aromatic carbocycles. The molecule has 180 valence electrons. The summed E-state index contributed by atoms with van der Waals surface area (Å²) in [5.41, 5.74) is 3.73. The van der Waals surface area contributed by atoms with E-state index in [0.717, 1.165) is 16.9 Å². The summed E-state index contributed by atoms with van der Waals surface area (Å²) in [6.45, 7) is 6.48. The molecule has 2 aromatic heterocycles. The minimum absolute atomic E-state index is 0.185. The maximum absolute atomic E-state index is 12.6. The van der Waals surface area contributed by atoms with Crippen molar-refractivity contribution >= 4 is 23.2 Å². The maximum Gasteiger partial charge on any atom is 0.291 e. The molecule has 0 bridgehead atoms. The number of nitrogens with zero attached hydrogens (tertiary/aromatic N) is 2. The smallest absolute Gasteiger partial charge is 0.291 e. The minimum atomic E-state index is -0.375. The second-order valence-electron chi connectivity index (χ2n) is 8.61. The van der Waals surface area contributed by atoms with E-state index < -0.39 is 0 Å². The molecule has 0 unspecified atom stereocenters. The summed E-state index contributed by atoms with van der Waals surface area (Å²) in [7, 11) is 1.75. The third kappa shape index (κ3) is 5.97. The molecule has 0 aliphatic rings. The fraction of sp³-hybridized carbons (Fsp3) is 0.222. The molecule has 0 spiro atoms. The van der Waals surface area contributed by atoms with Crippen LogP contribution in [0.15, 0.2) is 71.3 Å². The Balaban J connectivity index is 1.33. The summed E-state index contributed by atoms with van der Waals surface area (Å²) >= 11 is 0. The Kier molecular flexibility index (Phi) is 7.01. The maximum atomic E-state index is 12.6. The van der Waals surface area contributed by atoms with Crippen molar-refractivity contribution in [2.45, 2.75) is 33.3 Å². The molecule has 2 heterocycles. The Labute approximate surface area is 203 Å². The quantitative estimate of drug-likeness (QED) is 0.351. The van der Waals surface area contributed by atoms with Gasteiger partial charge in [0.2, 0.25) is 0 Å². The normalized spacial score (nSPS) is 10.9. The molecule has 0 aliphatic carbocycles. The number of nitrogens with one attached hydrogen (secondary N) is 2. The van der Waals surface area contributed by atoms with Crippen molar-refractivity contribution in [3.8, 4) is 5.75 Å². The van der Waals surface area contributed by atoms with Crippen molar-refractivity contribution in [2.24, 2.45) is 7.05 Å². The molecule has 4 rings (SSSR count). The third-order valence-corrected chi connectivity index (χ3v) is 5.39. The van der Waals surface area contributed by atoms with Gasteiger partial charge in [-0.05, 0) is 72.5 Å². The van der Waals surface area contributed by atoms with E-state index in [1.807, 2.05) is 13.0 Å². The summed E-state index contributed by atoms with van der Waals surface area (Å²) in [4.78, 5) is 24.8. The lowest BCUT2D eigenvalue weighted by molar-refractivity contribution is 0.0990. The van der Waals surface area contributed by atoms with Gasteiger partial charge in [0.25, 0.3) is 11.8 Å². The topological polar surface area (TPSA) is 98.4 Å². The van der Waals surface area contributed by atoms with Gasteiger partial charge in [-0.15, -0.1) is 0 Å². The average molecular weight is 473 g/mol. The van der Waals surface area contributed by atoms with Crippen LogP contribution in [-0.4, -0.2) is 21.6 Å². The van der Waals surface area contributed by atoms with Gasteiger partial charge >= 0.3 is 0 Å². The second kappa shape index (κ2) is 10.3. The number of hydrogen-bond acceptors (Lipinski definition) is 5. The van der Waals surface area contributed by atoms with Crippen LogP contribution in [0.4, 0.5) is 11.4 Å². The van der Waals surface area contributed by atoms with Crippen LogP contribution in [0, 0.1) is 6.92 Å². The summed E-state index contributed by atoms with van der Waals surface area (Å²) in [6.07, 6.45) is 1.70. The molecule has 0 saturated heterocycles. The second-order valence-corrected chi connectivity index (χ2v) is 8.61. The number of carbonyl (C=O) groups excluding carboxylic acids is 2. The van der Waals surface area contributed by atoms with Crippen molar-refractivity contribution in [3.05, 3.63) is 95.2 Å². The Morgan fingerprint density at radius 3 is 2.29 bits per heavy atom. The van der Waals surface area contributed by atoms with E-state index in [-0.39, 0.29) is 24.2 Å². The fourth-order valence-corrected chi connectivity index (χ4v) is 3.53. The van der Waals surface area contributed by atoms with Crippen molar-refractivity contribution in [1.82, 2.24) is 9.78 Å². The zero-order valence-electron chi connectivity index (χ0n) is 20.2. The standard InChI is InChI=1S/C27H28N4O4/c1-17(2)22-11-5-18(3)15-25(22)34-16-21-10-12-24(35-21)27(33)29-20-8-6-19(7-9-20)28-26(32)23-13-14-31(4)30-23/h5-15,17H,16H2,1-4H3,(H,28,32)(H,29,33). The van der Waals surface area contributed by atoms with Gasteiger partial charge in [0.1, 0.15) is 18.1 Å². The van der Waals surface area contributed by atoms with Crippen LogP contribution in [0.1, 0.15) is 57.7 Å². The highest BCUT2D eigenvalue weighted by atomic mass is 16.5. The number of aryl methyl sites for hydroxylation is 2. The van der Waals surface area contributed by atoms with Crippen LogP contribution >= 0.6 is 0 Å². The largest absolute Gasteiger partial charge is 0.485 e. The molecule has 0 aliphatic heterocycles. The number of benzene rings is 2. The van der Waals surface area contributed by atoms with Crippen molar-refractivity contribution in [3.63, 3.8) is 0 Å². The Hall–Kier alpha value is -4.33. The lowest BCUT2D eigenvalue weighted by Crippen LogP contribution is -2.13. The van der Waals surface area contributed by atoms with Crippen molar-refractivity contribution in [2.75, 3.05) is 10.6 Å². The van der Waals surface area contributed by atoms with E-state index in [2.05, 4.69) is 41.7 Å². The Bertz CT molecular complexity index is 1340. The molecule has 8 heteroatoms. The summed E-state index contributed by atoms with van der Waals surface area (Å²) in [5, 5.41) is 9.63. The average Bonchev–Trinajstić information content (AvgIpc) is 3.48. The molecule has 2 N–H and O–H groups in total. The monoisotopic (exact) mass is 472 g/mol. The number of amides is 2. The Morgan fingerprint density at radius 2 is 1.66 bits per heavy atom. The van der Waals surface area contributed by atoms with Crippen LogP contribution < -0.4 is 15.4 Å². The minimum Gasteiger partial charge on any atom is -0.485 e. The van der Waals surface area contributed by atoms with Crippen LogP contribution in [0.2, 0.25) is 0 Å². The van der Waals surface area contributed by atoms with Crippen molar-refractivity contribution in [1.29, 1.82) is 0 Å². The van der Waals surface area contributed by atoms with E-state index in [1.165, 1.54) is 0 Å². The molecule has 35 heavy (non-hydrogen) atoms. The van der Waals surface area contributed by atoms with Crippen LogP contribution in [0.3, 0.4) is 0 Å². The number of anilines is 2. The van der Waals surface area contributed by atoms with Gasteiger partial charge in [-0.3, -0.25) is 14.3 Å². The zero-order valence-corrected chi connectivity index (χ0v) is 20.2. The number of furan rings is 1. The molecular formula is C27H28N4O4. The molecule has 0 radical (unpaired) electrons. The van der Waals surface area contributed by atoms with Gasteiger partial charge in [-0.1, -0.05) is 26.0 Å². The van der Waals surface area contributed by atoms with E-state index in [9.17, 15) is 9.59 Å². The number of hydrogen-bond donors (Lipinski definition) is 2. The van der Waals surface area contributed by atoms with Gasteiger partial charge in [-0.25, -0.2) is 0 Å². The van der Waals surface area contributed by atoms with Gasteiger partial charge in [0.15, 0.2) is 11.5 Å². The highest BCUT2D eigenvalue weighted by molar-refractivity contribution is 6.04. The molecule has 0 saturated carbocycles. The molecule has 4 aromatic rings. The lowest BCUT2D eigenvalue weighted by atomic mass is 10.0. The zero-order chi connectivity index (χ0) is 24.9. The molecule has 0 fully saturated rings. The highest BCUT2D eigenvalue weighted by Crippen LogP contribution is 2.28. The van der Waals surface area contributed by atoms with Gasteiger partial charge in [0.05, 0.1) is 0 Å². The highest BCUT2D eigenvalue weighted by Gasteiger charge is 2.14. The summed E-state index contributed by atoms with van der Waals surface area (Å²) in [6, 6.07) is 17.9. The van der Waals surface area contributed by atoms with E-state index in [1.54, 1.807) is 60.4 Å². The molecule has 0 atom stereocenters. The van der Waals surface area contributed by atoms with Gasteiger partial charge in [0, 0.05) is 24.6 Å². The SMILES string of the molecule is Cc1ccc(C(C)C)c(OCc2ccc(C(=O)Nc3ccc(NC(=O)c4ccn(C)n4)cc3)o2)c1. The van der Waals surface area contributed by atoms with Crippen LogP contribution in [-0.2, 0) is 13.7 Å². The first-order valence-electron chi connectivity index (χ1n) is 11.3. The van der Waals surface area contributed by atoms with E-state index >= 15 is 0 Å². The number of carbonyl (C=O) groups is 2. The summed E-state index contributed by atoms with van der Waals surface area (Å²) in [5.74, 6) is 1.21. The van der Waals surface area contributed by atoms with Gasteiger partial charge in [-0.2, -0.15) is 5.10 Å². The van der Waals surface area contributed by atoms with Gasteiger partial charge < -0.3 is 19.8 Å². The van der Waals surface area contributed by atoms with Crippen LogP contribution in [0.5, 0.6) is 5.75 Å². The lowest BCUT2D eigenvalue weighted by Gasteiger charge is -2.14. The Morgan fingerprint density at radius 1 is 0.971 bits per heavy atom. The fourth-order valence-electron chi connectivity index (χ4n) is 3.53. The number of rotatable bonds is 8. The van der Waals surface area contributed by atoms with E-state index in [0.29, 0.717) is 28.7 Å². The van der Waals surface area contributed by atoms with Crippen LogP contribution in [0.25, 0.3) is 0 Å². The first-order chi connectivity index (χ1) is 16.8. The van der Waals surface area contributed by atoms with Crippen molar-refractivity contribution < 1.29 is 18.7 Å². The predicted molar refractivity (Wildman–Crippen MR) is 134 cm³/mol. The number of aromatic nitrogens is 2.